The van der Waals surface area contributed by atoms with Gasteiger partial charge < -0.3 is 18.9 Å². The van der Waals surface area contributed by atoms with Crippen molar-refractivity contribution in [1.82, 2.24) is 0 Å². The molecule has 16 heavy (non-hydrogen) atoms. The van der Waals surface area contributed by atoms with Crippen LogP contribution in [-0.2, 0) is 18.9 Å². The average Bonchev–Trinajstić information content (AvgIpc) is 2.81. The second-order valence-electron chi connectivity index (χ2n) is 4.54. The van der Waals surface area contributed by atoms with Crippen molar-refractivity contribution in [2.75, 3.05) is 19.8 Å². The first kappa shape index (κ1) is 11.9. The molecule has 0 aromatic carbocycles. The first-order valence-electron chi connectivity index (χ1n) is 5.61. The number of terminal acetylenes is 1. The Morgan fingerprint density at radius 3 is 2.94 bits per heavy atom. The van der Waals surface area contributed by atoms with Crippen LogP contribution in [0.4, 0.5) is 0 Å². The molecule has 0 spiro atoms. The molecule has 4 nitrogen and oxygen atoms in total. The second-order valence-corrected chi connectivity index (χ2v) is 4.54. The van der Waals surface area contributed by atoms with Crippen LogP contribution < -0.4 is 0 Å². The fraction of sp³-hybridized carbons (Fsp3) is 0.833. The van der Waals surface area contributed by atoms with Crippen molar-refractivity contribution < 1.29 is 18.9 Å². The SMILES string of the molecule is C#CCO[C@@H]1CCO[C@@H]1[C@H]1COC(C)(C)O1. The Bertz CT molecular complexity index is 281. The zero-order chi connectivity index (χ0) is 11.6. The maximum absolute atomic E-state index is 5.76. The van der Waals surface area contributed by atoms with E-state index in [0.29, 0.717) is 19.8 Å². The maximum Gasteiger partial charge on any atom is 0.163 e. The zero-order valence-corrected chi connectivity index (χ0v) is 9.77. The average molecular weight is 226 g/mol. The minimum absolute atomic E-state index is 0.0264. The van der Waals surface area contributed by atoms with Crippen LogP contribution >= 0.6 is 0 Å². The summed E-state index contributed by atoms with van der Waals surface area (Å²) in [5, 5.41) is 0. The molecule has 2 fully saturated rings. The Morgan fingerprint density at radius 2 is 2.31 bits per heavy atom. The van der Waals surface area contributed by atoms with Crippen LogP contribution in [-0.4, -0.2) is 43.9 Å². The minimum atomic E-state index is -0.521. The lowest BCUT2D eigenvalue weighted by molar-refractivity contribution is -0.160. The van der Waals surface area contributed by atoms with Crippen LogP contribution in [0.5, 0.6) is 0 Å². The molecule has 0 bridgehead atoms. The summed E-state index contributed by atoms with van der Waals surface area (Å²) in [6, 6.07) is 0. The third-order valence-corrected chi connectivity index (χ3v) is 2.86. The fourth-order valence-electron chi connectivity index (χ4n) is 2.15. The molecule has 0 unspecified atom stereocenters. The van der Waals surface area contributed by atoms with E-state index in [1.165, 1.54) is 0 Å². The summed E-state index contributed by atoms with van der Waals surface area (Å²) in [4.78, 5) is 0. The van der Waals surface area contributed by atoms with Crippen LogP contribution in [0.3, 0.4) is 0 Å². The van der Waals surface area contributed by atoms with Crippen molar-refractivity contribution in [3.8, 4) is 12.3 Å². The van der Waals surface area contributed by atoms with E-state index in [4.69, 9.17) is 25.4 Å². The molecule has 2 saturated heterocycles. The standard InChI is InChI=1S/C12H18O4/c1-4-6-13-9-5-7-14-11(9)10-8-15-12(2,3)16-10/h1,9-11H,5-8H2,2-3H3/t9-,10-,11+/m1/s1. The zero-order valence-electron chi connectivity index (χ0n) is 9.77. The molecule has 90 valence electrons. The molecule has 0 aromatic heterocycles. The van der Waals surface area contributed by atoms with Crippen LogP contribution in [0.2, 0.25) is 0 Å². The number of hydrogen-bond donors (Lipinski definition) is 0. The highest BCUT2D eigenvalue weighted by atomic mass is 16.8. The number of rotatable bonds is 3. The van der Waals surface area contributed by atoms with Gasteiger partial charge in [-0.25, -0.2) is 0 Å². The summed E-state index contributed by atoms with van der Waals surface area (Å²) in [5.74, 6) is 1.95. The molecule has 0 aromatic rings. The third-order valence-electron chi connectivity index (χ3n) is 2.86. The molecule has 0 amide bonds. The van der Waals surface area contributed by atoms with Gasteiger partial charge in [0, 0.05) is 6.61 Å². The van der Waals surface area contributed by atoms with E-state index in [9.17, 15) is 0 Å². The highest BCUT2D eigenvalue weighted by Crippen LogP contribution is 2.30. The molecular weight excluding hydrogens is 208 g/mol. The van der Waals surface area contributed by atoms with Gasteiger partial charge in [0.1, 0.15) is 18.8 Å². The Morgan fingerprint density at radius 1 is 1.50 bits per heavy atom. The van der Waals surface area contributed by atoms with Crippen molar-refractivity contribution in [1.29, 1.82) is 0 Å². The van der Waals surface area contributed by atoms with Crippen LogP contribution in [0.15, 0.2) is 0 Å². The molecule has 4 heteroatoms. The molecule has 0 aliphatic carbocycles. The molecule has 0 saturated carbocycles. The van der Waals surface area contributed by atoms with Crippen LogP contribution in [0, 0.1) is 12.3 Å². The molecular formula is C12H18O4. The van der Waals surface area contributed by atoms with Crippen molar-refractivity contribution >= 4 is 0 Å². The lowest BCUT2D eigenvalue weighted by atomic mass is 10.1. The van der Waals surface area contributed by atoms with Crippen molar-refractivity contribution in [3.05, 3.63) is 0 Å². The van der Waals surface area contributed by atoms with Gasteiger partial charge in [0.05, 0.1) is 12.7 Å². The van der Waals surface area contributed by atoms with Crippen LogP contribution in [0.25, 0.3) is 0 Å². The topological polar surface area (TPSA) is 36.9 Å². The first-order valence-corrected chi connectivity index (χ1v) is 5.61. The van der Waals surface area contributed by atoms with Gasteiger partial charge in [-0.2, -0.15) is 0 Å². The predicted molar refractivity (Wildman–Crippen MR) is 57.8 cm³/mol. The van der Waals surface area contributed by atoms with Gasteiger partial charge in [-0.3, -0.25) is 0 Å². The van der Waals surface area contributed by atoms with E-state index in [2.05, 4.69) is 5.92 Å². The van der Waals surface area contributed by atoms with Crippen LogP contribution in [0.1, 0.15) is 20.3 Å². The summed E-state index contributed by atoms with van der Waals surface area (Å²) < 4.78 is 22.5. The Kier molecular flexibility index (Phi) is 3.50. The fourth-order valence-corrected chi connectivity index (χ4v) is 2.15. The van der Waals surface area contributed by atoms with E-state index >= 15 is 0 Å². The summed E-state index contributed by atoms with van der Waals surface area (Å²) in [6.45, 7) is 5.37. The summed E-state index contributed by atoms with van der Waals surface area (Å²) in [6.07, 6.45) is 5.96. The van der Waals surface area contributed by atoms with Gasteiger partial charge in [0.25, 0.3) is 0 Å². The first-order chi connectivity index (χ1) is 7.62. The monoisotopic (exact) mass is 226 g/mol. The summed E-state index contributed by atoms with van der Waals surface area (Å²) >= 11 is 0. The van der Waals surface area contributed by atoms with Crippen molar-refractivity contribution in [2.24, 2.45) is 0 Å². The van der Waals surface area contributed by atoms with Gasteiger partial charge in [-0.15, -0.1) is 6.42 Å². The van der Waals surface area contributed by atoms with E-state index in [1.54, 1.807) is 0 Å². The molecule has 3 atom stereocenters. The van der Waals surface area contributed by atoms with Crippen molar-refractivity contribution in [3.63, 3.8) is 0 Å². The van der Waals surface area contributed by atoms with Gasteiger partial charge in [-0.05, 0) is 20.3 Å². The molecule has 2 aliphatic rings. The molecule has 2 rings (SSSR count). The van der Waals surface area contributed by atoms with Gasteiger partial charge >= 0.3 is 0 Å². The maximum atomic E-state index is 5.76. The summed E-state index contributed by atoms with van der Waals surface area (Å²) in [7, 11) is 0. The Labute approximate surface area is 96.2 Å². The lowest BCUT2D eigenvalue weighted by Crippen LogP contribution is -2.38. The predicted octanol–water partition coefficient (Wildman–Crippen LogP) is 0.945. The van der Waals surface area contributed by atoms with E-state index in [-0.39, 0.29) is 18.3 Å². The smallest absolute Gasteiger partial charge is 0.163 e. The Balaban J connectivity index is 1.91. The lowest BCUT2D eigenvalue weighted by Gasteiger charge is -2.24. The highest BCUT2D eigenvalue weighted by Gasteiger charge is 2.43. The highest BCUT2D eigenvalue weighted by molar-refractivity contribution is 4.90. The third kappa shape index (κ3) is 2.55. The molecule has 2 heterocycles. The van der Waals surface area contributed by atoms with Gasteiger partial charge in [0.15, 0.2) is 5.79 Å². The molecule has 0 radical (unpaired) electrons. The normalized spacial score (nSPS) is 37.4. The van der Waals surface area contributed by atoms with E-state index in [0.717, 1.165) is 6.42 Å². The Hall–Kier alpha value is -0.600. The largest absolute Gasteiger partial charge is 0.373 e. The number of hydrogen-bond acceptors (Lipinski definition) is 4. The van der Waals surface area contributed by atoms with Crippen molar-refractivity contribution in [2.45, 2.75) is 44.4 Å². The molecule has 0 N–H and O–H groups in total. The number of ether oxygens (including phenoxy) is 4. The van der Waals surface area contributed by atoms with Gasteiger partial charge in [-0.1, -0.05) is 5.92 Å². The minimum Gasteiger partial charge on any atom is -0.373 e. The van der Waals surface area contributed by atoms with Gasteiger partial charge in [0.2, 0.25) is 0 Å². The second kappa shape index (κ2) is 4.72. The molecule has 2 aliphatic heterocycles. The summed E-state index contributed by atoms with van der Waals surface area (Å²) in [5.41, 5.74) is 0. The van der Waals surface area contributed by atoms with E-state index in [1.807, 2.05) is 13.8 Å². The quantitative estimate of drug-likeness (QED) is 0.671. The van der Waals surface area contributed by atoms with E-state index < -0.39 is 5.79 Å².